The molecule has 3 N–H and O–H groups in total. The van der Waals surface area contributed by atoms with Crippen LogP contribution >= 0.6 is 12.2 Å². The average Bonchev–Trinajstić information content (AvgIpc) is 3.03. The molecule has 1 amide bonds. The number of carboxylic acids is 1. The molecule has 0 unspecified atom stereocenters. The summed E-state index contributed by atoms with van der Waals surface area (Å²) in [4.78, 5) is 22.8. The third-order valence-corrected chi connectivity index (χ3v) is 3.59. The summed E-state index contributed by atoms with van der Waals surface area (Å²) in [5.41, 5.74) is 1.16. The molecule has 0 spiro atoms. The molecule has 0 fully saturated rings. The monoisotopic (exact) mass is 376 g/mol. The summed E-state index contributed by atoms with van der Waals surface area (Å²) in [6.07, 6.45) is 0.375. The average molecular weight is 376 g/mol. The number of methoxy groups -OCH3 is 1. The number of anilines is 1. The molecule has 0 bridgehead atoms. The maximum Gasteiger partial charge on any atom is 0.371 e. The van der Waals surface area contributed by atoms with E-state index in [0.29, 0.717) is 29.2 Å². The zero-order chi connectivity index (χ0) is 19.3. The number of hydrogen-bond acceptors (Lipinski definition) is 5. The van der Waals surface area contributed by atoms with Crippen LogP contribution in [0.25, 0.3) is 11.3 Å². The number of ether oxygens (including phenoxy) is 1. The lowest BCUT2D eigenvalue weighted by Crippen LogP contribution is -2.34. The third-order valence-electron chi connectivity index (χ3n) is 3.39. The largest absolute Gasteiger partial charge is 0.496 e. The minimum absolute atomic E-state index is 0.164. The van der Waals surface area contributed by atoms with Crippen molar-refractivity contribution >= 4 is 34.9 Å². The van der Waals surface area contributed by atoms with Gasteiger partial charge in [0, 0.05) is 12.1 Å². The van der Waals surface area contributed by atoms with Crippen LogP contribution in [0, 0.1) is 5.92 Å². The maximum absolute atomic E-state index is 11.8. The number of furan rings is 1. The molecule has 0 saturated heterocycles. The first-order valence-electron chi connectivity index (χ1n) is 7.92. The zero-order valence-corrected chi connectivity index (χ0v) is 15.5. The Bertz CT molecular complexity index is 829. The molecule has 7 nitrogen and oxygen atoms in total. The Morgan fingerprint density at radius 1 is 1.27 bits per heavy atom. The highest BCUT2D eigenvalue weighted by atomic mass is 32.1. The fourth-order valence-electron chi connectivity index (χ4n) is 2.29. The molecule has 8 heteroatoms. The normalized spacial score (nSPS) is 10.5. The van der Waals surface area contributed by atoms with E-state index in [1.165, 1.54) is 13.2 Å². The predicted octanol–water partition coefficient (Wildman–Crippen LogP) is 3.51. The second-order valence-corrected chi connectivity index (χ2v) is 6.39. The van der Waals surface area contributed by atoms with Gasteiger partial charge in [-0.3, -0.25) is 4.79 Å². The van der Waals surface area contributed by atoms with Gasteiger partial charge < -0.3 is 24.9 Å². The maximum atomic E-state index is 11.8. The van der Waals surface area contributed by atoms with Crippen LogP contribution in [0.2, 0.25) is 0 Å². The van der Waals surface area contributed by atoms with Gasteiger partial charge in [-0.05, 0) is 48.5 Å². The highest BCUT2D eigenvalue weighted by Crippen LogP contribution is 2.33. The molecule has 26 heavy (non-hydrogen) atoms. The molecular weight excluding hydrogens is 356 g/mol. The van der Waals surface area contributed by atoms with E-state index in [9.17, 15) is 9.59 Å². The number of amides is 1. The number of carbonyl (C=O) groups excluding carboxylic acids is 1. The first-order chi connectivity index (χ1) is 12.3. The van der Waals surface area contributed by atoms with E-state index in [2.05, 4.69) is 10.6 Å². The van der Waals surface area contributed by atoms with Crippen LogP contribution in [0.1, 0.15) is 30.8 Å². The summed E-state index contributed by atoms with van der Waals surface area (Å²) in [6.45, 7) is 3.89. The van der Waals surface area contributed by atoms with Crippen LogP contribution in [0.3, 0.4) is 0 Å². The van der Waals surface area contributed by atoms with Crippen molar-refractivity contribution < 1.29 is 23.8 Å². The van der Waals surface area contributed by atoms with Crippen molar-refractivity contribution in [2.45, 2.75) is 20.3 Å². The second-order valence-electron chi connectivity index (χ2n) is 5.98. The molecule has 0 saturated carbocycles. The highest BCUT2D eigenvalue weighted by Gasteiger charge is 2.15. The van der Waals surface area contributed by atoms with Crippen molar-refractivity contribution in [3.8, 4) is 17.1 Å². The summed E-state index contributed by atoms with van der Waals surface area (Å²) in [7, 11) is 1.50. The summed E-state index contributed by atoms with van der Waals surface area (Å²) < 4.78 is 10.6. The molecule has 1 aromatic carbocycles. The van der Waals surface area contributed by atoms with E-state index in [1.54, 1.807) is 24.3 Å². The van der Waals surface area contributed by atoms with Gasteiger partial charge in [-0.25, -0.2) is 4.79 Å². The molecule has 138 valence electrons. The van der Waals surface area contributed by atoms with Gasteiger partial charge in [0.2, 0.25) is 11.7 Å². The lowest BCUT2D eigenvalue weighted by atomic mass is 10.1. The fourth-order valence-corrected chi connectivity index (χ4v) is 2.52. The van der Waals surface area contributed by atoms with Gasteiger partial charge in [0.1, 0.15) is 11.5 Å². The van der Waals surface area contributed by atoms with E-state index in [0.717, 1.165) is 0 Å². The van der Waals surface area contributed by atoms with Gasteiger partial charge in [0.05, 0.1) is 12.7 Å². The Morgan fingerprint density at radius 3 is 2.58 bits per heavy atom. The van der Waals surface area contributed by atoms with Gasteiger partial charge in [-0.1, -0.05) is 13.8 Å². The van der Waals surface area contributed by atoms with Crippen LogP contribution in [-0.4, -0.2) is 29.2 Å². The molecule has 2 aromatic rings. The van der Waals surface area contributed by atoms with Gasteiger partial charge in [-0.2, -0.15) is 0 Å². The van der Waals surface area contributed by atoms with Crippen LogP contribution in [0.15, 0.2) is 34.7 Å². The number of rotatable bonds is 6. The molecular formula is C18H20N2O5S. The van der Waals surface area contributed by atoms with Gasteiger partial charge in [-0.15, -0.1) is 0 Å². The van der Waals surface area contributed by atoms with E-state index in [-0.39, 0.29) is 22.7 Å². The first-order valence-corrected chi connectivity index (χ1v) is 8.33. The third kappa shape index (κ3) is 5.06. The standard InChI is InChI=1S/C18H20N2O5S/c1-10(2)8-16(21)20-18(26)19-11-4-5-13(24-3)12(9-11)14-6-7-15(25-14)17(22)23/h4-7,9-10H,8H2,1-3H3,(H,22,23)(H2,19,20,21,26). The van der Waals surface area contributed by atoms with Gasteiger partial charge >= 0.3 is 5.97 Å². The van der Waals surface area contributed by atoms with Crippen LogP contribution in [-0.2, 0) is 4.79 Å². The fraction of sp³-hybridized carbons (Fsp3) is 0.278. The lowest BCUT2D eigenvalue weighted by molar-refractivity contribution is -0.120. The highest BCUT2D eigenvalue weighted by molar-refractivity contribution is 7.80. The molecule has 0 radical (unpaired) electrons. The number of thiocarbonyl (C=S) groups is 1. The molecule has 1 heterocycles. The summed E-state index contributed by atoms with van der Waals surface area (Å²) in [5, 5.41) is 14.7. The Labute approximate surface area is 156 Å². The van der Waals surface area contributed by atoms with Crippen molar-refractivity contribution in [3.05, 3.63) is 36.1 Å². The SMILES string of the molecule is COc1ccc(NC(=S)NC(=O)CC(C)C)cc1-c1ccc(C(=O)O)o1. The summed E-state index contributed by atoms with van der Waals surface area (Å²) in [6, 6.07) is 8.04. The Hall–Kier alpha value is -2.87. The number of aromatic carboxylic acids is 1. The lowest BCUT2D eigenvalue weighted by Gasteiger charge is -2.13. The topological polar surface area (TPSA) is 101 Å². The van der Waals surface area contributed by atoms with Gasteiger partial charge in [0.25, 0.3) is 0 Å². The van der Waals surface area contributed by atoms with Crippen molar-refractivity contribution in [2.24, 2.45) is 5.92 Å². The van der Waals surface area contributed by atoms with Crippen molar-refractivity contribution in [1.29, 1.82) is 0 Å². The number of benzene rings is 1. The Morgan fingerprint density at radius 2 is 2.00 bits per heavy atom. The van der Waals surface area contributed by atoms with Crippen molar-refractivity contribution in [3.63, 3.8) is 0 Å². The minimum atomic E-state index is -1.15. The van der Waals surface area contributed by atoms with Crippen LogP contribution < -0.4 is 15.4 Å². The molecule has 0 aliphatic heterocycles. The Balaban J connectivity index is 2.19. The smallest absolute Gasteiger partial charge is 0.371 e. The van der Waals surface area contributed by atoms with Crippen molar-refractivity contribution in [1.82, 2.24) is 5.32 Å². The number of carbonyl (C=O) groups is 2. The van der Waals surface area contributed by atoms with E-state index in [4.69, 9.17) is 26.5 Å². The number of hydrogen-bond donors (Lipinski definition) is 3. The number of nitrogens with one attached hydrogen (secondary N) is 2. The van der Waals surface area contributed by atoms with Crippen LogP contribution in [0.4, 0.5) is 5.69 Å². The second kappa shape index (κ2) is 8.48. The minimum Gasteiger partial charge on any atom is -0.496 e. The first kappa shape index (κ1) is 19.5. The van der Waals surface area contributed by atoms with E-state index >= 15 is 0 Å². The van der Waals surface area contributed by atoms with E-state index in [1.807, 2.05) is 13.8 Å². The van der Waals surface area contributed by atoms with E-state index < -0.39 is 5.97 Å². The zero-order valence-electron chi connectivity index (χ0n) is 14.7. The van der Waals surface area contributed by atoms with Crippen molar-refractivity contribution in [2.75, 3.05) is 12.4 Å². The molecule has 0 atom stereocenters. The van der Waals surface area contributed by atoms with Crippen LogP contribution in [0.5, 0.6) is 5.75 Å². The molecule has 1 aromatic heterocycles. The number of carboxylic acid groups (broad SMARTS) is 1. The quantitative estimate of drug-likeness (QED) is 0.663. The molecule has 0 aliphatic rings. The molecule has 2 rings (SSSR count). The summed E-state index contributed by atoms with van der Waals surface area (Å²) in [5.74, 6) is -0.402. The van der Waals surface area contributed by atoms with Gasteiger partial charge in [0.15, 0.2) is 5.11 Å². The molecule has 0 aliphatic carbocycles. The Kier molecular flexibility index (Phi) is 6.35. The summed E-state index contributed by atoms with van der Waals surface area (Å²) >= 11 is 5.15. The predicted molar refractivity (Wildman–Crippen MR) is 101 cm³/mol.